The van der Waals surface area contributed by atoms with Crippen molar-refractivity contribution < 1.29 is 14.7 Å². The highest BCUT2D eigenvalue weighted by Crippen LogP contribution is 2.24. The predicted octanol–water partition coefficient (Wildman–Crippen LogP) is 1.51. The Labute approximate surface area is 112 Å². The van der Waals surface area contributed by atoms with Crippen LogP contribution in [0.4, 0.5) is 0 Å². The van der Waals surface area contributed by atoms with Crippen LogP contribution < -0.4 is 10.5 Å². The molecule has 1 fully saturated rings. The van der Waals surface area contributed by atoms with Gasteiger partial charge >= 0.3 is 0 Å². The second-order valence-corrected chi connectivity index (χ2v) is 4.81. The molecule has 2 unspecified atom stereocenters. The van der Waals surface area contributed by atoms with Gasteiger partial charge in [0.1, 0.15) is 6.10 Å². The molecule has 1 saturated heterocycles. The van der Waals surface area contributed by atoms with Crippen LogP contribution in [-0.4, -0.2) is 34.3 Å². The van der Waals surface area contributed by atoms with E-state index in [0.717, 1.165) is 12.8 Å². The van der Waals surface area contributed by atoms with E-state index >= 15 is 0 Å². The van der Waals surface area contributed by atoms with Gasteiger partial charge in [0.2, 0.25) is 5.88 Å². The van der Waals surface area contributed by atoms with Crippen LogP contribution in [0.3, 0.4) is 0 Å². The Morgan fingerprint density at radius 3 is 2.79 bits per heavy atom. The van der Waals surface area contributed by atoms with Gasteiger partial charge in [0, 0.05) is 19.0 Å². The molecule has 104 valence electrons. The first-order chi connectivity index (χ1) is 9.10. The molecular weight excluding hydrogens is 246 g/mol. The van der Waals surface area contributed by atoms with E-state index in [2.05, 4.69) is 10.1 Å². The Balaban J connectivity index is 2.15. The number of nitrogens with two attached hydrogens (primary N) is 1. The molecule has 0 aliphatic carbocycles. The van der Waals surface area contributed by atoms with E-state index in [1.165, 1.54) is 0 Å². The summed E-state index contributed by atoms with van der Waals surface area (Å²) in [7, 11) is 0. The van der Waals surface area contributed by atoms with Crippen LogP contribution in [0.25, 0.3) is 0 Å². The van der Waals surface area contributed by atoms with E-state index in [9.17, 15) is 0 Å². The highest BCUT2D eigenvalue weighted by atomic mass is 16.5. The van der Waals surface area contributed by atoms with Crippen LogP contribution in [0.2, 0.25) is 0 Å². The number of pyridine rings is 1. The SMILES string of the molecule is CC1CC(Oc2ncccc2/C(N)=N/O)CC(C)O1. The Hall–Kier alpha value is -1.82. The van der Waals surface area contributed by atoms with Crippen molar-refractivity contribution in [1.82, 2.24) is 4.98 Å². The molecule has 0 radical (unpaired) electrons. The number of hydrogen-bond acceptors (Lipinski definition) is 5. The monoisotopic (exact) mass is 265 g/mol. The van der Waals surface area contributed by atoms with Gasteiger partial charge in [-0.25, -0.2) is 4.98 Å². The summed E-state index contributed by atoms with van der Waals surface area (Å²) in [6.45, 7) is 4.05. The van der Waals surface area contributed by atoms with Crippen LogP contribution in [0.1, 0.15) is 32.3 Å². The van der Waals surface area contributed by atoms with Crippen molar-refractivity contribution in [2.24, 2.45) is 10.9 Å². The van der Waals surface area contributed by atoms with Gasteiger partial charge in [0.05, 0.1) is 17.8 Å². The van der Waals surface area contributed by atoms with E-state index in [-0.39, 0.29) is 24.1 Å². The third-order valence-electron chi connectivity index (χ3n) is 3.09. The van der Waals surface area contributed by atoms with Crippen LogP contribution in [0, 0.1) is 0 Å². The fourth-order valence-corrected chi connectivity index (χ4v) is 2.33. The van der Waals surface area contributed by atoms with E-state index < -0.39 is 0 Å². The lowest BCUT2D eigenvalue weighted by atomic mass is 10.0. The second kappa shape index (κ2) is 5.88. The van der Waals surface area contributed by atoms with Gasteiger partial charge in [-0.1, -0.05) is 5.16 Å². The molecule has 19 heavy (non-hydrogen) atoms. The van der Waals surface area contributed by atoms with Crippen LogP contribution in [-0.2, 0) is 4.74 Å². The van der Waals surface area contributed by atoms with Crippen LogP contribution in [0.5, 0.6) is 5.88 Å². The smallest absolute Gasteiger partial charge is 0.224 e. The summed E-state index contributed by atoms with van der Waals surface area (Å²) >= 11 is 0. The summed E-state index contributed by atoms with van der Waals surface area (Å²) in [4.78, 5) is 4.16. The van der Waals surface area contributed by atoms with Crippen molar-refractivity contribution in [2.75, 3.05) is 0 Å². The lowest BCUT2D eigenvalue weighted by Gasteiger charge is -2.32. The molecule has 1 aliphatic rings. The number of oxime groups is 1. The summed E-state index contributed by atoms with van der Waals surface area (Å²) in [5.74, 6) is 0.389. The fraction of sp³-hybridized carbons (Fsp3) is 0.538. The molecule has 1 aromatic rings. The number of nitrogens with zero attached hydrogens (tertiary/aromatic N) is 2. The second-order valence-electron chi connectivity index (χ2n) is 4.81. The Bertz CT molecular complexity index is 454. The molecule has 0 aromatic carbocycles. The van der Waals surface area contributed by atoms with Gasteiger partial charge < -0.3 is 20.4 Å². The number of hydrogen-bond donors (Lipinski definition) is 2. The zero-order chi connectivity index (χ0) is 13.8. The molecule has 0 spiro atoms. The first kappa shape index (κ1) is 13.6. The Kier molecular flexibility index (Phi) is 4.21. The summed E-state index contributed by atoms with van der Waals surface area (Å²) in [6, 6.07) is 3.43. The van der Waals surface area contributed by atoms with E-state index in [1.807, 2.05) is 13.8 Å². The zero-order valence-corrected chi connectivity index (χ0v) is 11.1. The van der Waals surface area contributed by atoms with Crippen molar-refractivity contribution in [2.45, 2.75) is 45.0 Å². The molecule has 0 bridgehead atoms. The first-order valence-electron chi connectivity index (χ1n) is 6.35. The van der Waals surface area contributed by atoms with Crippen molar-refractivity contribution in [3.8, 4) is 5.88 Å². The Morgan fingerprint density at radius 2 is 2.16 bits per heavy atom. The van der Waals surface area contributed by atoms with Gasteiger partial charge in [-0.3, -0.25) is 0 Å². The molecule has 0 saturated carbocycles. The first-order valence-corrected chi connectivity index (χ1v) is 6.35. The van der Waals surface area contributed by atoms with E-state index in [1.54, 1.807) is 18.3 Å². The zero-order valence-electron chi connectivity index (χ0n) is 11.1. The molecule has 6 heteroatoms. The van der Waals surface area contributed by atoms with Gasteiger partial charge in [-0.05, 0) is 26.0 Å². The average molecular weight is 265 g/mol. The molecule has 6 nitrogen and oxygen atoms in total. The lowest BCUT2D eigenvalue weighted by molar-refractivity contribution is -0.0730. The maximum atomic E-state index is 8.76. The molecular formula is C13H19N3O3. The van der Waals surface area contributed by atoms with Gasteiger partial charge in [0.15, 0.2) is 5.84 Å². The maximum Gasteiger partial charge on any atom is 0.224 e. The minimum absolute atomic E-state index is 0.00347. The summed E-state index contributed by atoms with van der Waals surface area (Å²) in [5, 5.41) is 11.8. The Morgan fingerprint density at radius 1 is 1.47 bits per heavy atom. The summed E-state index contributed by atoms with van der Waals surface area (Å²) in [6.07, 6.45) is 3.57. The van der Waals surface area contributed by atoms with Crippen LogP contribution in [0.15, 0.2) is 23.5 Å². The molecule has 2 atom stereocenters. The minimum atomic E-state index is -0.00347. The normalized spacial score (nSPS) is 28.1. The van der Waals surface area contributed by atoms with Crippen molar-refractivity contribution in [3.63, 3.8) is 0 Å². The third kappa shape index (κ3) is 3.35. The number of ether oxygens (including phenoxy) is 2. The summed E-state index contributed by atoms with van der Waals surface area (Å²) in [5.41, 5.74) is 6.11. The largest absolute Gasteiger partial charge is 0.474 e. The molecule has 1 aromatic heterocycles. The molecule has 3 N–H and O–H groups in total. The molecule has 0 amide bonds. The lowest BCUT2D eigenvalue weighted by Crippen LogP contribution is -2.36. The van der Waals surface area contributed by atoms with E-state index in [0.29, 0.717) is 11.4 Å². The fourth-order valence-electron chi connectivity index (χ4n) is 2.33. The highest BCUT2D eigenvalue weighted by Gasteiger charge is 2.27. The third-order valence-corrected chi connectivity index (χ3v) is 3.09. The molecule has 2 rings (SSSR count). The van der Waals surface area contributed by atoms with Crippen molar-refractivity contribution in [1.29, 1.82) is 0 Å². The standard InChI is InChI=1S/C13H19N3O3/c1-8-6-10(7-9(2)18-8)19-13-11(12(14)16-17)4-3-5-15-13/h3-5,8-10,17H,6-7H2,1-2H3,(H2,14,16). The van der Waals surface area contributed by atoms with E-state index in [4.69, 9.17) is 20.4 Å². The van der Waals surface area contributed by atoms with Gasteiger partial charge in [0.25, 0.3) is 0 Å². The highest BCUT2D eigenvalue weighted by molar-refractivity contribution is 5.98. The predicted molar refractivity (Wildman–Crippen MR) is 70.4 cm³/mol. The van der Waals surface area contributed by atoms with Crippen molar-refractivity contribution in [3.05, 3.63) is 23.9 Å². The summed E-state index contributed by atoms with van der Waals surface area (Å²) < 4.78 is 11.6. The number of amidine groups is 1. The van der Waals surface area contributed by atoms with Crippen LogP contribution >= 0.6 is 0 Å². The maximum absolute atomic E-state index is 8.76. The average Bonchev–Trinajstić information content (AvgIpc) is 2.37. The quantitative estimate of drug-likeness (QED) is 0.374. The number of rotatable bonds is 3. The number of aromatic nitrogens is 1. The topological polar surface area (TPSA) is 90.0 Å². The molecule has 1 aliphatic heterocycles. The van der Waals surface area contributed by atoms with Crippen molar-refractivity contribution >= 4 is 5.84 Å². The van der Waals surface area contributed by atoms with Gasteiger partial charge in [-0.15, -0.1) is 0 Å². The minimum Gasteiger partial charge on any atom is -0.474 e. The molecule has 2 heterocycles. The van der Waals surface area contributed by atoms with Gasteiger partial charge in [-0.2, -0.15) is 0 Å².